The van der Waals surface area contributed by atoms with Gasteiger partial charge in [0.25, 0.3) is 0 Å². The molecule has 1 aromatic carbocycles. The third-order valence-corrected chi connectivity index (χ3v) is 4.08. The lowest BCUT2D eigenvalue weighted by molar-refractivity contribution is 0.0604. The SMILES string of the molecule is CC(C)(C)OC(=O)/N=C/C1CCN(c2nccc3cc(N)ccc23)C1. The van der Waals surface area contributed by atoms with E-state index >= 15 is 0 Å². The van der Waals surface area contributed by atoms with E-state index < -0.39 is 11.7 Å². The molecule has 1 fully saturated rings. The molecule has 1 aromatic heterocycles. The minimum absolute atomic E-state index is 0.207. The van der Waals surface area contributed by atoms with Gasteiger partial charge in [0.15, 0.2) is 0 Å². The molecule has 2 heterocycles. The van der Waals surface area contributed by atoms with Crippen LogP contribution in [0.3, 0.4) is 0 Å². The van der Waals surface area contributed by atoms with Crippen LogP contribution >= 0.6 is 0 Å². The maximum absolute atomic E-state index is 11.7. The van der Waals surface area contributed by atoms with Crippen LogP contribution < -0.4 is 10.6 Å². The van der Waals surface area contributed by atoms with E-state index in [0.717, 1.165) is 41.8 Å². The number of carbonyl (C=O) groups is 1. The predicted octanol–water partition coefficient (Wildman–Crippen LogP) is 3.65. The van der Waals surface area contributed by atoms with E-state index in [1.807, 2.05) is 45.0 Å². The summed E-state index contributed by atoms with van der Waals surface area (Å²) in [7, 11) is 0. The minimum Gasteiger partial charge on any atom is -0.442 e. The molecule has 0 bridgehead atoms. The van der Waals surface area contributed by atoms with Gasteiger partial charge in [-0.3, -0.25) is 0 Å². The van der Waals surface area contributed by atoms with Crippen molar-refractivity contribution < 1.29 is 9.53 Å². The highest BCUT2D eigenvalue weighted by molar-refractivity contribution is 5.94. The lowest BCUT2D eigenvalue weighted by Gasteiger charge is -2.19. The average molecular weight is 340 g/mol. The Balaban J connectivity index is 1.70. The molecule has 0 radical (unpaired) electrons. The van der Waals surface area contributed by atoms with Crippen LogP contribution in [0.1, 0.15) is 27.2 Å². The van der Waals surface area contributed by atoms with Crippen molar-refractivity contribution >= 4 is 34.6 Å². The molecule has 1 aliphatic heterocycles. The Kier molecular flexibility index (Phi) is 4.61. The van der Waals surface area contributed by atoms with Gasteiger partial charge in [-0.1, -0.05) is 0 Å². The van der Waals surface area contributed by atoms with Crippen LogP contribution in [0, 0.1) is 5.92 Å². The number of hydrogen-bond donors (Lipinski definition) is 1. The molecule has 1 saturated heterocycles. The first-order valence-corrected chi connectivity index (χ1v) is 8.48. The number of nitrogens with two attached hydrogens (primary N) is 1. The number of aromatic nitrogens is 1. The highest BCUT2D eigenvalue weighted by Gasteiger charge is 2.24. The van der Waals surface area contributed by atoms with Crippen LogP contribution in [0.4, 0.5) is 16.3 Å². The number of rotatable bonds is 2. The maximum Gasteiger partial charge on any atom is 0.433 e. The highest BCUT2D eigenvalue weighted by atomic mass is 16.6. The molecule has 132 valence electrons. The zero-order valence-electron chi connectivity index (χ0n) is 14.9. The fourth-order valence-corrected chi connectivity index (χ4v) is 2.99. The summed E-state index contributed by atoms with van der Waals surface area (Å²) in [5.74, 6) is 1.16. The lowest BCUT2D eigenvalue weighted by atomic mass is 10.1. The summed E-state index contributed by atoms with van der Waals surface area (Å²) in [5, 5.41) is 2.16. The number of fused-ring (bicyclic) bond motifs is 1. The van der Waals surface area contributed by atoms with Crippen molar-refractivity contribution in [2.75, 3.05) is 23.7 Å². The molecule has 2 aromatic rings. The zero-order valence-corrected chi connectivity index (χ0v) is 14.9. The molecule has 0 aliphatic carbocycles. The van der Waals surface area contributed by atoms with Crippen LogP contribution in [0.25, 0.3) is 10.8 Å². The summed E-state index contributed by atoms with van der Waals surface area (Å²) in [6.07, 6.45) is 3.90. The number of benzene rings is 1. The van der Waals surface area contributed by atoms with Gasteiger partial charge in [-0.05, 0) is 56.8 Å². The molecule has 1 aliphatic rings. The topological polar surface area (TPSA) is 80.8 Å². The monoisotopic (exact) mass is 340 g/mol. The molecule has 0 spiro atoms. The van der Waals surface area contributed by atoms with E-state index in [0.29, 0.717) is 0 Å². The molecule has 1 unspecified atom stereocenters. The lowest BCUT2D eigenvalue weighted by Crippen LogP contribution is -2.23. The fraction of sp³-hybridized carbons (Fsp3) is 0.421. The van der Waals surface area contributed by atoms with Crippen molar-refractivity contribution in [1.82, 2.24) is 4.98 Å². The highest BCUT2D eigenvalue weighted by Crippen LogP contribution is 2.29. The number of aliphatic imine (C=N–C) groups is 1. The standard InChI is InChI=1S/C19H24N4O2/c1-19(2,3)25-18(24)22-11-13-7-9-23(12-13)17-16-5-4-15(20)10-14(16)6-8-21-17/h4-6,8,10-11,13H,7,9,12,20H2,1-3H3/b22-11+. The number of hydrogen-bond acceptors (Lipinski definition) is 5. The minimum atomic E-state index is -0.537. The zero-order chi connectivity index (χ0) is 18.0. The van der Waals surface area contributed by atoms with E-state index in [-0.39, 0.29) is 5.92 Å². The van der Waals surface area contributed by atoms with Crippen LogP contribution in [-0.4, -0.2) is 36.0 Å². The predicted molar refractivity (Wildman–Crippen MR) is 101 cm³/mol. The number of pyridine rings is 1. The number of ether oxygens (including phenoxy) is 1. The van der Waals surface area contributed by atoms with Crippen molar-refractivity contribution in [2.45, 2.75) is 32.8 Å². The van der Waals surface area contributed by atoms with Gasteiger partial charge < -0.3 is 15.4 Å². The number of carbonyl (C=O) groups excluding carboxylic acids is 1. The van der Waals surface area contributed by atoms with Crippen molar-refractivity contribution in [1.29, 1.82) is 0 Å². The molecular formula is C19H24N4O2. The second-order valence-electron chi connectivity index (χ2n) is 7.37. The number of anilines is 2. The third kappa shape index (κ3) is 4.26. The third-order valence-electron chi connectivity index (χ3n) is 4.08. The van der Waals surface area contributed by atoms with Gasteiger partial charge in [-0.2, -0.15) is 4.99 Å². The average Bonchev–Trinajstić information content (AvgIpc) is 2.99. The molecule has 25 heavy (non-hydrogen) atoms. The second-order valence-corrected chi connectivity index (χ2v) is 7.37. The van der Waals surface area contributed by atoms with Gasteiger partial charge >= 0.3 is 6.09 Å². The normalized spacial score (nSPS) is 18.2. The maximum atomic E-state index is 11.7. The number of amides is 1. The Morgan fingerprint density at radius 3 is 2.96 bits per heavy atom. The smallest absolute Gasteiger partial charge is 0.433 e. The first kappa shape index (κ1) is 17.2. The van der Waals surface area contributed by atoms with Crippen molar-refractivity contribution in [3.8, 4) is 0 Å². The van der Waals surface area contributed by atoms with Crippen molar-refractivity contribution in [2.24, 2.45) is 10.9 Å². The Morgan fingerprint density at radius 2 is 2.20 bits per heavy atom. The van der Waals surface area contributed by atoms with Crippen LogP contribution in [0.2, 0.25) is 0 Å². The largest absolute Gasteiger partial charge is 0.442 e. The van der Waals surface area contributed by atoms with Gasteiger partial charge in [-0.25, -0.2) is 9.78 Å². The number of nitrogen functional groups attached to an aromatic ring is 1. The summed E-state index contributed by atoms with van der Waals surface area (Å²) in [4.78, 5) is 22.4. The first-order chi connectivity index (χ1) is 11.8. The molecule has 1 amide bonds. The van der Waals surface area contributed by atoms with Crippen LogP contribution in [-0.2, 0) is 4.74 Å². The van der Waals surface area contributed by atoms with Gasteiger partial charge in [-0.15, -0.1) is 0 Å². The number of nitrogens with zero attached hydrogens (tertiary/aromatic N) is 3. The Hall–Kier alpha value is -2.63. The molecule has 6 heteroatoms. The summed E-state index contributed by atoms with van der Waals surface area (Å²) >= 11 is 0. The van der Waals surface area contributed by atoms with Gasteiger partial charge in [0.2, 0.25) is 0 Å². The van der Waals surface area contributed by atoms with Gasteiger partial charge in [0.05, 0.1) is 0 Å². The summed E-state index contributed by atoms with van der Waals surface area (Å²) in [5.41, 5.74) is 6.09. The first-order valence-electron chi connectivity index (χ1n) is 8.48. The molecule has 2 N–H and O–H groups in total. The van der Waals surface area contributed by atoms with E-state index in [1.165, 1.54) is 0 Å². The molecular weight excluding hydrogens is 316 g/mol. The quantitative estimate of drug-likeness (QED) is 0.667. The second kappa shape index (κ2) is 6.70. The summed E-state index contributed by atoms with van der Waals surface area (Å²) in [6, 6.07) is 7.82. The Morgan fingerprint density at radius 1 is 1.40 bits per heavy atom. The van der Waals surface area contributed by atoms with Crippen molar-refractivity contribution in [3.63, 3.8) is 0 Å². The molecule has 1 atom stereocenters. The summed E-state index contributed by atoms with van der Waals surface area (Å²) < 4.78 is 5.20. The van der Waals surface area contributed by atoms with E-state index in [9.17, 15) is 4.79 Å². The molecule has 6 nitrogen and oxygen atoms in total. The van der Waals surface area contributed by atoms with Crippen molar-refractivity contribution in [3.05, 3.63) is 30.5 Å². The molecule has 3 rings (SSSR count). The Labute approximate surface area is 147 Å². The van der Waals surface area contributed by atoms with E-state index in [1.54, 1.807) is 12.4 Å². The fourth-order valence-electron chi connectivity index (χ4n) is 2.99. The van der Waals surface area contributed by atoms with Gasteiger partial charge in [0.1, 0.15) is 11.4 Å². The van der Waals surface area contributed by atoms with E-state index in [4.69, 9.17) is 10.5 Å². The van der Waals surface area contributed by atoms with Crippen LogP contribution in [0.5, 0.6) is 0 Å². The van der Waals surface area contributed by atoms with E-state index in [2.05, 4.69) is 14.9 Å². The Bertz CT molecular complexity index is 811. The summed E-state index contributed by atoms with van der Waals surface area (Å²) in [6.45, 7) is 7.15. The van der Waals surface area contributed by atoms with Crippen LogP contribution in [0.15, 0.2) is 35.5 Å². The molecule has 0 saturated carbocycles. The van der Waals surface area contributed by atoms with Gasteiger partial charge in [0, 0.05) is 42.5 Å².